The van der Waals surface area contributed by atoms with Gasteiger partial charge in [0.1, 0.15) is 11.6 Å². The van der Waals surface area contributed by atoms with Crippen molar-refractivity contribution in [1.82, 2.24) is 5.43 Å². The molecule has 19 heavy (non-hydrogen) atoms. The van der Waals surface area contributed by atoms with Crippen molar-refractivity contribution >= 4 is 5.84 Å². The lowest BCUT2D eigenvalue weighted by molar-refractivity contribution is 0.348. The zero-order valence-electron chi connectivity index (χ0n) is 12.0. The normalized spacial score (nSPS) is 11.4. The van der Waals surface area contributed by atoms with Crippen LogP contribution in [-0.2, 0) is 0 Å². The third kappa shape index (κ3) is 3.51. The van der Waals surface area contributed by atoms with Crippen molar-refractivity contribution in [2.45, 2.75) is 19.9 Å². The van der Waals surface area contributed by atoms with E-state index in [1.54, 1.807) is 33.5 Å². The Morgan fingerprint density at radius 1 is 1.05 bits per heavy atom. The Balaban J connectivity index is 3.39. The fourth-order valence-corrected chi connectivity index (χ4v) is 1.66. The summed E-state index contributed by atoms with van der Waals surface area (Å²) in [5.74, 6) is 7.85. The molecular formula is C13H21N3O3. The summed E-state index contributed by atoms with van der Waals surface area (Å²) in [6.07, 6.45) is 0. The van der Waals surface area contributed by atoms with Crippen LogP contribution in [0.25, 0.3) is 0 Å². The number of nitrogens with one attached hydrogen (secondary N) is 1. The molecule has 0 unspecified atom stereocenters. The van der Waals surface area contributed by atoms with Gasteiger partial charge in [-0.05, 0) is 19.9 Å². The van der Waals surface area contributed by atoms with Crippen molar-refractivity contribution < 1.29 is 14.2 Å². The van der Waals surface area contributed by atoms with Crippen LogP contribution in [0.2, 0.25) is 0 Å². The Hall–Kier alpha value is -1.95. The van der Waals surface area contributed by atoms with Gasteiger partial charge in [-0.25, -0.2) is 5.84 Å². The highest BCUT2D eigenvalue weighted by Crippen LogP contribution is 2.34. The number of ether oxygens (including phenoxy) is 3. The van der Waals surface area contributed by atoms with E-state index in [2.05, 4.69) is 10.4 Å². The van der Waals surface area contributed by atoms with Crippen LogP contribution in [0.15, 0.2) is 17.1 Å². The van der Waals surface area contributed by atoms with Gasteiger partial charge < -0.3 is 19.6 Å². The molecular weight excluding hydrogens is 246 g/mol. The van der Waals surface area contributed by atoms with Crippen LogP contribution in [0.5, 0.6) is 17.2 Å². The number of hydrogen-bond acceptors (Lipinski definition) is 5. The minimum absolute atomic E-state index is 0.101. The maximum atomic E-state index is 5.53. The molecule has 0 saturated carbocycles. The van der Waals surface area contributed by atoms with Crippen molar-refractivity contribution in [3.05, 3.63) is 17.7 Å². The largest absolute Gasteiger partial charge is 0.496 e. The Morgan fingerprint density at radius 3 is 2.00 bits per heavy atom. The Labute approximate surface area is 113 Å². The Kier molecular flexibility index (Phi) is 5.44. The second-order valence-electron chi connectivity index (χ2n) is 4.12. The van der Waals surface area contributed by atoms with E-state index in [1.807, 2.05) is 13.8 Å². The molecule has 0 aliphatic heterocycles. The maximum absolute atomic E-state index is 5.53. The van der Waals surface area contributed by atoms with E-state index < -0.39 is 0 Å². The van der Waals surface area contributed by atoms with Crippen molar-refractivity contribution in [2.75, 3.05) is 21.3 Å². The van der Waals surface area contributed by atoms with E-state index in [4.69, 9.17) is 20.1 Å². The summed E-state index contributed by atoms with van der Waals surface area (Å²) in [5, 5.41) is 0. The summed E-state index contributed by atoms with van der Waals surface area (Å²) < 4.78 is 15.8. The molecule has 3 N–H and O–H groups in total. The molecule has 6 nitrogen and oxygen atoms in total. The van der Waals surface area contributed by atoms with E-state index in [0.29, 0.717) is 23.1 Å². The number of nitrogens with two attached hydrogens (primary N) is 1. The number of methoxy groups -OCH3 is 3. The van der Waals surface area contributed by atoms with Gasteiger partial charge in [0.25, 0.3) is 0 Å². The SMILES string of the molecule is COc1cc(OC)c(C(=NC(C)C)NN)cc1OC. The van der Waals surface area contributed by atoms with Crippen LogP contribution in [0, 0.1) is 0 Å². The first kappa shape index (κ1) is 15.1. The molecule has 0 aliphatic rings. The highest BCUT2D eigenvalue weighted by Gasteiger charge is 2.16. The van der Waals surface area contributed by atoms with Crippen LogP contribution in [0.3, 0.4) is 0 Å². The summed E-state index contributed by atoms with van der Waals surface area (Å²) >= 11 is 0. The molecule has 0 spiro atoms. The van der Waals surface area contributed by atoms with Gasteiger partial charge in [-0.3, -0.25) is 4.99 Å². The second-order valence-corrected chi connectivity index (χ2v) is 4.12. The van der Waals surface area contributed by atoms with Crippen LogP contribution in [0.4, 0.5) is 0 Å². The molecule has 0 aromatic heterocycles. The molecule has 0 radical (unpaired) electrons. The van der Waals surface area contributed by atoms with Crippen molar-refractivity contribution in [2.24, 2.45) is 10.8 Å². The highest BCUT2D eigenvalue weighted by atomic mass is 16.5. The molecule has 0 bridgehead atoms. The second kappa shape index (κ2) is 6.84. The smallest absolute Gasteiger partial charge is 0.164 e. The summed E-state index contributed by atoms with van der Waals surface area (Å²) in [5.41, 5.74) is 3.31. The van der Waals surface area contributed by atoms with Gasteiger partial charge >= 0.3 is 0 Å². The van der Waals surface area contributed by atoms with Gasteiger partial charge in [0, 0.05) is 12.1 Å². The number of rotatable bonds is 5. The van der Waals surface area contributed by atoms with Crippen LogP contribution >= 0.6 is 0 Å². The van der Waals surface area contributed by atoms with Gasteiger partial charge in [-0.2, -0.15) is 0 Å². The first-order valence-corrected chi connectivity index (χ1v) is 5.92. The zero-order valence-corrected chi connectivity index (χ0v) is 12.0. The molecule has 106 valence electrons. The average Bonchev–Trinajstić information content (AvgIpc) is 2.42. The van der Waals surface area contributed by atoms with E-state index in [9.17, 15) is 0 Å². The van der Waals surface area contributed by atoms with Gasteiger partial charge in [0.05, 0.1) is 26.9 Å². The fourth-order valence-electron chi connectivity index (χ4n) is 1.66. The van der Waals surface area contributed by atoms with Crippen molar-refractivity contribution in [3.63, 3.8) is 0 Å². The van der Waals surface area contributed by atoms with Gasteiger partial charge in [0.15, 0.2) is 11.5 Å². The average molecular weight is 267 g/mol. The third-order valence-electron chi connectivity index (χ3n) is 2.48. The lowest BCUT2D eigenvalue weighted by Crippen LogP contribution is -2.32. The fraction of sp³-hybridized carbons (Fsp3) is 0.462. The molecule has 1 aromatic carbocycles. The Morgan fingerprint density at radius 2 is 1.58 bits per heavy atom. The molecule has 0 atom stereocenters. The van der Waals surface area contributed by atoms with Gasteiger partial charge in [-0.1, -0.05) is 0 Å². The lowest BCUT2D eigenvalue weighted by Gasteiger charge is -2.15. The first-order chi connectivity index (χ1) is 9.07. The predicted octanol–water partition coefficient (Wildman–Crippen LogP) is 1.33. The minimum Gasteiger partial charge on any atom is -0.496 e. The zero-order chi connectivity index (χ0) is 14.4. The van der Waals surface area contributed by atoms with Crippen LogP contribution < -0.4 is 25.5 Å². The van der Waals surface area contributed by atoms with Gasteiger partial charge in [-0.15, -0.1) is 0 Å². The van der Waals surface area contributed by atoms with Crippen LogP contribution in [-0.4, -0.2) is 33.2 Å². The number of hydrogen-bond donors (Lipinski definition) is 2. The first-order valence-electron chi connectivity index (χ1n) is 5.92. The summed E-state index contributed by atoms with van der Waals surface area (Å²) in [6, 6.07) is 3.61. The third-order valence-corrected chi connectivity index (χ3v) is 2.48. The van der Waals surface area contributed by atoms with Crippen molar-refractivity contribution in [1.29, 1.82) is 0 Å². The number of nitrogens with zero attached hydrogens (tertiary/aromatic N) is 1. The van der Waals surface area contributed by atoms with E-state index in [1.165, 1.54) is 0 Å². The topological polar surface area (TPSA) is 78.1 Å². The number of hydrazine groups is 1. The predicted molar refractivity (Wildman–Crippen MR) is 75.1 cm³/mol. The lowest BCUT2D eigenvalue weighted by atomic mass is 10.1. The summed E-state index contributed by atoms with van der Waals surface area (Å²) in [7, 11) is 4.72. The molecule has 1 aromatic rings. The monoisotopic (exact) mass is 267 g/mol. The minimum atomic E-state index is 0.101. The van der Waals surface area contributed by atoms with Crippen LogP contribution in [0.1, 0.15) is 19.4 Å². The van der Waals surface area contributed by atoms with E-state index >= 15 is 0 Å². The molecule has 6 heteroatoms. The standard InChI is InChI=1S/C13H21N3O3/c1-8(2)15-13(16-14)9-6-11(18-4)12(19-5)7-10(9)17-3/h6-8H,14H2,1-5H3,(H,15,16). The van der Waals surface area contributed by atoms with Gasteiger partial charge in [0.2, 0.25) is 0 Å². The number of benzene rings is 1. The molecule has 1 rings (SSSR count). The molecule has 0 amide bonds. The molecule has 0 saturated heterocycles. The van der Waals surface area contributed by atoms with E-state index in [-0.39, 0.29) is 6.04 Å². The number of aliphatic imine (C=N–C) groups is 1. The quantitative estimate of drug-likeness (QED) is 0.364. The van der Waals surface area contributed by atoms with Crippen molar-refractivity contribution in [3.8, 4) is 17.2 Å². The molecule has 0 heterocycles. The number of amidine groups is 1. The summed E-state index contributed by atoms with van der Waals surface area (Å²) in [4.78, 5) is 4.41. The van der Waals surface area contributed by atoms with E-state index in [0.717, 1.165) is 5.56 Å². The highest BCUT2D eigenvalue weighted by molar-refractivity contribution is 6.01. The summed E-state index contributed by atoms with van der Waals surface area (Å²) in [6.45, 7) is 3.93. The molecule has 0 aliphatic carbocycles. The Bertz CT molecular complexity index is 459. The maximum Gasteiger partial charge on any atom is 0.164 e. The molecule has 0 fully saturated rings.